The molecule has 2 saturated heterocycles. The fraction of sp³-hybridized carbons (Fsp3) is 0.400. The fourth-order valence-corrected chi connectivity index (χ4v) is 6.03. The van der Waals surface area contributed by atoms with E-state index in [1.54, 1.807) is 57.7 Å². The maximum atomic E-state index is 12.9. The van der Waals surface area contributed by atoms with Gasteiger partial charge in [-0.1, -0.05) is 37.1 Å². The number of hydrogen-bond acceptors (Lipinski definition) is 6. The van der Waals surface area contributed by atoms with Crippen LogP contribution in [0, 0.1) is 10.1 Å². The zero-order chi connectivity index (χ0) is 24.8. The highest BCUT2D eigenvalue weighted by atomic mass is 32.2. The number of nitro groups is 1. The Morgan fingerprint density at radius 2 is 1.49 bits per heavy atom. The largest absolute Gasteiger partial charge is 0.362 e. The maximum Gasteiger partial charge on any atom is 0.292 e. The quantitative estimate of drug-likeness (QED) is 0.343. The highest BCUT2D eigenvalue weighted by Gasteiger charge is 2.26. The van der Waals surface area contributed by atoms with Gasteiger partial charge >= 0.3 is 0 Å². The Morgan fingerprint density at radius 3 is 2.11 bits per heavy atom. The van der Waals surface area contributed by atoms with Gasteiger partial charge in [-0.25, -0.2) is 8.42 Å². The SMILES string of the molecule is O=C(/C=C/c1ccc(S(=O)(=O)N2CCCCCC2)cc1)N1CCN(c2ccccc2[N+](=O)[O-])CC1. The van der Waals surface area contributed by atoms with Crippen molar-refractivity contribution < 1.29 is 18.1 Å². The van der Waals surface area contributed by atoms with Crippen molar-refractivity contribution in [2.45, 2.75) is 30.6 Å². The van der Waals surface area contributed by atoms with E-state index in [-0.39, 0.29) is 21.4 Å². The van der Waals surface area contributed by atoms with E-state index in [0.29, 0.717) is 45.0 Å². The molecule has 2 heterocycles. The molecule has 186 valence electrons. The van der Waals surface area contributed by atoms with Crippen molar-refractivity contribution in [3.63, 3.8) is 0 Å². The van der Waals surface area contributed by atoms with E-state index in [2.05, 4.69) is 0 Å². The summed E-state index contributed by atoms with van der Waals surface area (Å²) in [6, 6.07) is 13.2. The van der Waals surface area contributed by atoms with Gasteiger partial charge in [0.05, 0.1) is 9.82 Å². The third-order valence-electron chi connectivity index (χ3n) is 6.51. The Labute approximate surface area is 205 Å². The van der Waals surface area contributed by atoms with Crippen LogP contribution in [0.5, 0.6) is 0 Å². The molecule has 0 aliphatic carbocycles. The van der Waals surface area contributed by atoms with Gasteiger partial charge < -0.3 is 9.80 Å². The lowest BCUT2D eigenvalue weighted by atomic mass is 10.2. The minimum absolute atomic E-state index is 0.0634. The van der Waals surface area contributed by atoms with E-state index in [0.717, 1.165) is 31.2 Å². The van der Waals surface area contributed by atoms with E-state index >= 15 is 0 Å². The number of nitrogens with zero attached hydrogens (tertiary/aromatic N) is 4. The van der Waals surface area contributed by atoms with E-state index in [1.807, 2.05) is 4.90 Å². The van der Waals surface area contributed by atoms with Crippen molar-refractivity contribution in [1.29, 1.82) is 0 Å². The smallest absolute Gasteiger partial charge is 0.292 e. The molecule has 0 aromatic heterocycles. The molecule has 35 heavy (non-hydrogen) atoms. The molecule has 2 fully saturated rings. The molecule has 0 radical (unpaired) electrons. The summed E-state index contributed by atoms with van der Waals surface area (Å²) >= 11 is 0. The molecule has 0 N–H and O–H groups in total. The van der Waals surface area contributed by atoms with Crippen LogP contribution in [0.2, 0.25) is 0 Å². The van der Waals surface area contributed by atoms with E-state index < -0.39 is 10.0 Å². The maximum absolute atomic E-state index is 12.9. The summed E-state index contributed by atoms with van der Waals surface area (Å²) in [5.74, 6) is -0.145. The van der Waals surface area contributed by atoms with Gasteiger partial charge in [0.25, 0.3) is 5.69 Å². The van der Waals surface area contributed by atoms with Gasteiger partial charge in [-0.15, -0.1) is 0 Å². The number of anilines is 1. The first-order valence-corrected chi connectivity index (χ1v) is 13.4. The summed E-state index contributed by atoms with van der Waals surface area (Å²) < 4.78 is 27.4. The molecule has 2 aliphatic rings. The average molecular weight is 499 g/mol. The first-order valence-electron chi connectivity index (χ1n) is 11.9. The van der Waals surface area contributed by atoms with Gasteiger partial charge in [0.15, 0.2) is 0 Å². The third-order valence-corrected chi connectivity index (χ3v) is 8.42. The first kappa shape index (κ1) is 24.9. The number of piperazine rings is 1. The number of para-hydroxylation sites is 2. The number of sulfonamides is 1. The Hall–Kier alpha value is -3.24. The van der Waals surface area contributed by atoms with Crippen LogP contribution in [0.4, 0.5) is 11.4 Å². The summed E-state index contributed by atoms with van der Waals surface area (Å²) in [5.41, 5.74) is 1.37. The zero-order valence-corrected chi connectivity index (χ0v) is 20.4. The van der Waals surface area contributed by atoms with Gasteiger partial charge in [0, 0.05) is 51.4 Å². The second-order valence-corrected chi connectivity index (χ2v) is 10.7. The Kier molecular flexibility index (Phi) is 7.82. The summed E-state index contributed by atoms with van der Waals surface area (Å²) in [6.07, 6.45) is 7.06. The van der Waals surface area contributed by atoms with Crippen molar-refractivity contribution in [3.8, 4) is 0 Å². The molecule has 0 saturated carbocycles. The molecule has 10 heteroatoms. The van der Waals surface area contributed by atoms with Crippen LogP contribution in [0.15, 0.2) is 59.5 Å². The fourth-order valence-electron chi connectivity index (χ4n) is 4.51. The molecule has 9 nitrogen and oxygen atoms in total. The molecule has 0 bridgehead atoms. The first-order chi connectivity index (χ1) is 16.9. The molecule has 1 amide bonds. The van der Waals surface area contributed by atoms with Crippen LogP contribution in [0.3, 0.4) is 0 Å². The van der Waals surface area contributed by atoms with Crippen LogP contribution >= 0.6 is 0 Å². The van der Waals surface area contributed by atoms with Gasteiger partial charge in [0.1, 0.15) is 5.69 Å². The molecule has 2 aliphatic heterocycles. The Balaban J connectivity index is 1.34. The summed E-state index contributed by atoms with van der Waals surface area (Å²) in [6.45, 7) is 3.05. The number of hydrogen-bond donors (Lipinski definition) is 0. The third kappa shape index (κ3) is 5.88. The van der Waals surface area contributed by atoms with Crippen molar-refractivity contribution >= 4 is 33.4 Å². The highest BCUT2D eigenvalue weighted by Crippen LogP contribution is 2.28. The molecule has 2 aromatic rings. The number of carbonyl (C=O) groups is 1. The lowest BCUT2D eigenvalue weighted by Gasteiger charge is -2.35. The van der Waals surface area contributed by atoms with E-state index in [9.17, 15) is 23.3 Å². The molecule has 0 unspecified atom stereocenters. The molecule has 4 rings (SSSR count). The normalized spacial score (nSPS) is 17.9. The second kappa shape index (κ2) is 11.0. The summed E-state index contributed by atoms with van der Waals surface area (Å²) in [7, 11) is -3.50. The van der Waals surface area contributed by atoms with Gasteiger partial charge in [-0.05, 0) is 42.7 Å². The predicted molar refractivity (Wildman–Crippen MR) is 135 cm³/mol. The van der Waals surface area contributed by atoms with Crippen LogP contribution in [-0.4, -0.2) is 67.7 Å². The van der Waals surface area contributed by atoms with Crippen molar-refractivity contribution in [3.05, 3.63) is 70.3 Å². The second-order valence-electron chi connectivity index (χ2n) is 8.78. The van der Waals surface area contributed by atoms with E-state index in [1.165, 1.54) is 12.1 Å². The van der Waals surface area contributed by atoms with Crippen LogP contribution in [-0.2, 0) is 14.8 Å². The number of amides is 1. The minimum atomic E-state index is -3.50. The van der Waals surface area contributed by atoms with Crippen LogP contribution < -0.4 is 4.90 Å². The topological polar surface area (TPSA) is 104 Å². The van der Waals surface area contributed by atoms with Crippen LogP contribution in [0.1, 0.15) is 31.2 Å². The van der Waals surface area contributed by atoms with Gasteiger partial charge in [0.2, 0.25) is 15.9 Å². The van der Waals surface area contributed by atoms with Crippen molar-refractivity contribution in [1.82, 2.24) is 9.21 Å². The van der Waals surface area contributed by atoms with Gasteiger partial charge in [-0.2, -0.15) is 4.31 Å². The predicted octanol–water partition coefficient (Wildman–Crippen LogP) is 3.52. The average Bonchev–Trinajstić information content (AvgIpc) is 3.18. The van der Waals surface area contributed by atoms with Crippen molar-refractivity contribution in [2.24, 2.45) is 0 Å². The lowest BCUT2D eigenvalue weighted by molar-refractivity contribution is -0.384. The Morgan fingerprint density at radius 1 is 0.857 bits per heavy atom. The zero-order valence-electron chi connectivity index (χ0n) is 19.6. The number of benzene rings is 2. The molecule has 0 atom stereocenters. The molecule has 2 aromatic carbocycles. The van der Waals surface area contributed by atoms with Crippen molar-refractivity contribution in [2.75, 3.05) is 44.2 Å². The van der Waals surface area contributed by atoms with Gasteiger partial charge in [-0.3, -0.25) is 14.9 Å². The summed E-state index contributed by atoms with van der Waals surface area (Å²) in [4.78, 5) is 27.5. The molecule has 0 spiro atoms. The van der Waals surface area contributed by atoms with E-state index in [4.69, 9.17) is 0 Å². The van der Waals surface area contributed by atoms with Crippen LogP contribution in [0.25, 0.3) is 6.08 Å². The standard InChI is InChI=1S/C25H30N4O5S/c30-25(27-19-17-26(18-20-27)23-7-3-4-8-24(23)29(31)32)14-11-21-9-12-22(13-10-21)35(33,34)28-15-5-1-2-6-16-28/h3-4,7-14H,1-2,5-6,15-20H2/b14-11+. The highest BCUT2D eigenvalue weighted by molar-refractivity contribution is 7.89. The molecular weight excluding hydrogens is 468 g/mol. The lowest BCUT2D eigenvalue weighted by Crippen LogP contribution is -2.48. The number of carbonyl (C=O) groups excluding carboxylic acids is 1. The number of rotatable bonds is 6. The molecular formula is C25H30N4O5S. The Bertz CT molecular complexity index is 1180. The summed E-state index contributed by atoms with van der Waals surface area (Å²) in [5, 5.41) is 11.3. The monoisotopic (exact) mass is 498 g/mol. The minimum Gasteiger partial charge on any atom is -0.362 e. The number of nitro benzene ring substituents is 1.